The van der Waals surface area contributed by atoms with Crippen molar-refractivity contribution >= 4 is 33.0 Å². The van der Waals surface area contributed by atoms with Gasteiger partial charge in [0.15, 0.2) is 5.78 Å². The first-order valence-electron chi connectivity index (χ1n) is 4.27. The number of ketones is 1. The zero-order chi connectivity index (χ0) is 10.8. The maximum atomic E-state index is 11.7. The van der Waals surface area contributed by atoms with Gasteiger partial charge in [0, 0.05) is 28.2 Å². The minimum absolute atomic E-state index is 0.00236. The summed E-state index contributed by atoms with van der Waals surface area (Å²) in [6.45, 7) is 0. The van der Waals surface area contributed by atoms with Gasteiger partial charge < -0.3 is 0 Å². The van der Waals surface area contributed by atoms with E-state index in [1.54, 1.807) is 18.4 Å². The molecule has 2 heterocycles. The predicted octanol–water partition coefficient (Wildman–Crippen LogP) is 2.06. The quantitative estimate of drug-likeness (QED) is 0.811. The van der Waals surface area contributed by atoms with E-state index in [1.807, 2.05) is 11.4 Å². The second-order valence-corrected chi connectivity index (χ2v) is 4.96. The summed E-state index contributed by atoms with van der Waals surface area (Å²) in [6, 6.07) is 1.94. The average Bonchev–Trinajstić information content (AvgIpc) is 2.75. The highest BCUT2D eigenvalue weighted by Crippen LogP contribution is 2.20. The van der Waals surface area contributed by atoms with Crippen molar-refractivity contribution in [1.82, 2.24) is 15.0 Å². The number of aromatic nitrogens is 3. The van der Waals surface area contributed by atoms with E-state index in [-0.39, 0.29) is 5.78 Å². The molecule has 78 valence electrons. The van der Waals surface area contributed by atoms with Gasteiger partial charge in [-0.2, -0.15) is 15.0 Å². The average molecular weight is 286 g/mol. The summed E-state index contributed by atoms with van der Waals surface area (Å²) in [5.41, 5.74) is 0.419. The van der Waals surface area contributed by atoms with Crippen molar-refractivity contribution in [2.75, 3.05) is 0 Å². The van der Waals surface area contributed by atoms with E-state index in [4.69, 9.17) is 0 Å². The summed E-state index contributed by atoms with van der Waals surface area (Å²) in [6.07, 6.45) is 1.87. The Morgan fingerprint density at radius 2 is 2.47 bits per heavy atom. The fourth-order valence-electron chi connectivity index (χ4n) is 1.17. The lowest BCUT2D eigenvalue weighted by Crippen LogP contribution is -2.04. The van der Waals surface area contributed by atoms with Gasteiger partial charge in [-0.25, -0.2) is 0 Å². The maximum absolute atomic E-state index is 11.7. The molecule has 0 fully saturated rings. The molecule has 15 heavy (non-hydrogen) atoms. The van der Waals surface area contributed by atoms with E-state index >= 15 is 0 Å². The van der Waals surface area contributed by atoms with Gasteiger partial charge in [0.2, 0.25) is 0 Å². The number of halogens is 1. The highest BCUT2D eigenvalue weighted by molar-refractivity contribution is 9.10. The van der Waals surface area contributed by atoms with Crippen LogP contribution in [0.1, 0.15) is 15.4 Å². The lowest BCUT2D eigenvalue weighted by atomic mass is 10.2. The lowest BCUT2D eigenvalue weighted by Gasteiger charge is -1.92. The van der Waals surface area contributed by atoms with E-state index < -0.39 is 0 Å². The molecule has 0 N–H and O–H groups in total. The van der Waals surface area contributed by atoms with Gasteiger partial charge in [0.1, 0.15) is 5.69 Å². The number of thiophene rings is 1. The number of carbonyl (C=O) groups excluding carboxylic acids is 1. The first-order valence-corrected chi connectivity index (χ1v) is 5.95. The Morgan fingerprint density at radius 1 is 1.67 bits per heavy atom. The van der Waals surface area contributed by atoms with Crippen LogP contribution in [-0.2, 0) is 13.5 Å². The molecular formula is C9H8BrN3OS. The van der Waals surface area contributed by atoms with Crippen LogP contribution in [0.25, 0.3) is 0 Å². The molecule has 2 aromatic heterocycles. The summed E-state index contributed by atoms with van der Waals surface area (Å²) >= 11 is 4.91. The maximum Gasteiger partial charge on any atom is 0.189 e. The summed E-state index contributed by atoms with van der Waals surface area (Å²) in [4.78, 5) is 14.1. The third kappa shape index (κ3) is 2.51. The molecule has 0 aliphatic heterocycles. The SMILES string of the molecule is Cn1ncc(C(=O)Cc2cc(Br)cs2)n1. The molecular weight excluding hydrogens is 278 g/mol. The van der Waals surface area contributed by atoms with E-state index in [9.17, 15) is 4.79 Å². The molecule has 0 spiro atoms. The molecule has 0 aliphatic carbocycles. The van der Waals surface area contributed by atoms with Gasteiger partial charge in [0.25, 0.3) is 0 Å². The molecule has 4 nitrogen and oxygen atoms in total. The number of hydrogen-bond acceptors (Lipinski definition) is 4. The van der Waals surface area contributed by atoms with Crippen molar-refractivity contribution in [3.63, 3.8) is 0 Å². The number of carbonyl (C=O) groups is 1. The third-order valence-electron chi connectivity index (χ3n) is 1.84. The highest BCUT2D eigenvalue weighted by Gasteiger charge is 2.11. The lowest BCUT2D eigenvalue weighted by molar-refractivity contribution is 0.0988. The van der Waals surface area contributed by atoms with Crippen LogP contribution in [0.5, 0.6) is 0 Å². The minimum Gasteiger partial charge on any atom is -0.292 e. The summed E-state index contributed by atoms with van der Waals surface area (Å²) < 4.78 is 1.01. The number of rotatable bonds is 3. The van der Waals surface area contributed by atoms with Crippen LogP contribution < -0.4 is 0 Å². The summed E-state index contributed by atoms with van der Waals surface area (Å²) in [7, 11) is 1.69. The Kier molecular flexibility index (Phi) is 2.97. The van der Waals surface area contributed by atoms with E-state index in [1.165, 1.54) is 11.0 Å². The Hall–Kier alpha value is -1.01. The van der Waals surface area contributed by atoms with Crippen molar-refractivity contribution in [3.8, 4) is 0 Å². The molecule has 0 saturated heterocycles. The second-order valence-electron chi connectivity index (χ2n) is 3.05. The van der Waals surface area contributed by atoms with Crippen LogP contribution in [0, 0.1) is 0 Å². The Bertz CT molecular complexity index is 491. The molecule has 0 radical (unpaired) electrons. The molecule has 0 aliphatic rings. The Labute approximate surface area is 99.0 Å². The molecule has 0 unspecified atom stereocenters. The number of aryl methyl sites for hydroxylation is 1. The molecule has 0 atom stereocenters. The Balaban J connectivity index is 2.10. The van der Waals surface area contributed by atoms with E-state index in [0.717, 1.165) is 9.35 Å². The van der Waals surface area contributed by atoms with Crippen LogP contribution in [0.4, 0.5) is 0 Å². The highest BCUT2D eigenvalue weighted by atomic mass is 79.9. The normalized spacial score (nSPS) is 10.5. The molecule has 2 aromatic rings. The fraction of sp³-hybridized carbons (Fsp3) is 0.222. The molecule has 0 amide bonds. The molecule has 2 rings (SSSR count). The number of hydrogen-bond donors (Lipinski definition) is 0. The van der Waals surface area contributed by atoms with Crippen LogP contribution in [0.15, 0.2) is 22.1 Å². The summed E-state index contributed by atoms with van der Waals surface area (Å²) in [5.74, 6) is -0.00236. The van der Waals surface area contributed by atoms with Crippen LogP contribution >= 0.6 is 27.3 Å². The second kappa shape index (κ2) is 4.24. The van der Waals surface area contributed by atoms with Gasteiger partial charge in [-0.3, -0.25) is 4.79 Å². The van der Waals surface area contributed by atoms with Gasteiger partial charge in [-0.1, -0.05) is 0 Å². The Morgan fingerprint density at radius 3 is 3.00 bits per heavy atom. The third-order valence-corrected chi connectivity index (χ3v) is 3.54. The first kappa shape index (κ1) is 10.5. The molecule has 6 heteroatoms. The molecule has 0 saturated carbocycles. The van der Waals surface area contributed by atoms with Crippen molar-refractivity contribution in [2.24, 2.45) is 7.05 Å². The van der Waals surface area contributed by atoms with Crippen molar-refractivity contribution < 1.29 is 4.79 Å². The van der Waals surface area contributed by atoms with E-state index in [0.29, 0.717) is 12.1 Å². The number of nitrogens with zero attached hydrogens (tertiary/aromatic N) is 3. The number of Topliss-reactive ketones (excluding diaryl/α,β-unsaturated/α-hetero) is 1. The minimum atomic E-state index is -0.00236. The summed E-state index contributed by atoms with van der Waals surface area (Å²) in [5, 5.41) is 9.78. The van der Waals surface area contributed by atoms with E-state index in [2.05, 4.69) is 26.1 Å². The zero-order valence-electron chi connectivity index (χ0n) is 7.98. The van der Waals surface area contributed by atoms with Crippen LogP contribution in [-0.4, -0.2) is 20.8 Å². The van der Waals surface area contributed by atoms with Crippen molar-refractivity contribution in [3.05, 3.63) is 32.7 Å². The topological polar surface area (TPSA) is 47.8 Å². The van der Waals surface area contributed by atoms with Crippen LogP contribution in [0.3, 0.4) is 0 Å². The first-order chi connectivity index (χ1) is 7.15. The monoisotopic (exact) mass is 285 g/mol. The van der Waals surface area contributed by atoms with Gasteiger partial charge in [-0.15, -0.1) is 11.3 Å². The zero-order valence-corrected chi connectivity index (χ0v) is 10.4. The van der Waals surface area contributed by atoms with Gasteiger partial charge >= 0.3 is 0 Å². The van der Waals surface area contributed by atoms with Crippen LogP contribution in [0.2, 0.25) is 0 Å². The van der Waals surface area contributed by atoms with Gasteiger partial charge in [-0.05, 0) is 22.0 Å². The van der Waals surface area contributed by atoms with Crippen molar-refractivity contribution in [1.29, 1.82) is 0 Å². The van der Waals surface area contributed by atoms with Gasteiger partial charge in [0.05, 0.1) is 6.20 Å². The standard InChI is InChI=1S/C9H8BrN3OS/c1-13-11-4-8(12-13)9(14)3-7-2-6(10)5-15-7/h2,4-5H,3H2,1H3. The van der Waals surface area contributed by atoms with Crippen molar-refractivity contribution in [2.45, 2.75) is 6.42 Å². The largest absolute Gasteiger partial charge is 0.292 e. The molecule has 0 aromatic carbocycles. The smallest absolute Gasteiger partial charge is 0.189 e. The predicted molar refractivity (Wildman–Crippen MR) is 61.1 cm³/mol. The molecule has 0 bridgehead atoms. The fourth-order valence-corrected chi connectivity index (χ4v) is 2.62.